The first-order valence-corrected chi connectivity index (χ1v) is 13.7. The first kappa shape index (κ1) is 28.5. The summed E-state index contributed by atoms with van der Waals surface area (Å²) in [6.07, 6.45) is 1.21. The Labute approximate surface area is 229 Å². The van der Waals surface area contributed by atoms with Crippen molar-refractivity contribution in [2.75, 3.05) is 6.61 Å². The maximum absolute atomic E-state index is 13.8. The third-order valence-corrected chi connectivity index (χ3v) is 6.90. The lowest BCUT2D eigenvalue weighted by Gasteiger charge is -2.32. The van der Waals surface area contributed by atoms with Crippen LogP contribution in [0.25, 0.3) is 0 Å². The Bertz CT molecular complexity index is 1170. The molecule has 0 unspecified atom stereocenters. The molecule has 37 heavy (non-hydrogen) atoms. The average Bonchev–Trinajstić information content (AvgIpc) is 2.89. The van der Waals surface area contributed by atoms with Gasteiger partial charge in [0.05, 0.1) is 0 Å². The van der Waals surface area contributed by atoms with E-state index in [0.29, 0.717) is 18.7 Å². The van der Waals surface area contributed by atoms with Crippen molar-refractivity contribution in [2.45, 2.75) is 65.1 Å². The Morgan fingerprint density at radius 3 is 2.27 bits per heavy atom. The molecule has 3 rings (SSSR count). The fourth-order valence-electron chi connectivity index (χ4n) is 4.14. The minimum Gasteiger partial charge on any atom is -0.483 e. The van der Waals surface area contributed by atoms with E-state index in [1.165, 1.54) is 0 Å². The minimum atomic E-state index is -0.688. The number of halogens is 1. The number of carbonyl (C=O) groups is 2. The Morgan fingerprint density at radius 1 is 0.919 bits per heavy atom. The first-order chi connectivity index (χ1) is 17.8. The van der Waals surface area contributed by atoms with Gasteiger partial charge in [0.1, 0.15) is 11.8 Å². The molecular weight excluding hydrogens is 528 g/mol. The van der Waals surface area contributed by atoms with Crippen LogP contribution in [0.1, 0.15) is 56.7 Å². The van der Waals surface area contributed by atoms with E-state index in [0.717, 1.165) is 27.6 Å². The molecule has 0 fully saturated rings. The predicted molar refractivity (Wildman–Crippen MR) is 153 cm³/mol. The van der Waals surface area contributed by atoms with E-state index in [4.69, 9.17) is 4.74 Å². The van der Waals surface area contributed by atoms with Crippen LogP contribution >= 0.6 is 15.9 Å². The summed E-state index contributed by atoms with van der Waals surface area (Å²) < 4.78 is 6.97. The maximum Gasteiger partial charge on any atom is 0.261 e. The van der Waals surface area contributed by atoms with Gasteiger partial charge in [-0.3, -0.25) is 9.59 Å². The van der Waals surface area contributed by atoms with Crippen LogP contribution in [-0.4, -0.2) is 35.4 Å². The molecule has 2 atom stereocenters. The van der Waals surface area contributed by atoms with Crippen LogP contribution in [0.15, 0.2) is 83.3 Å². The maximum atomic E-state index is 13.8. The molecule has 1 N–H and O–H groups in total. The van der Waals surface area contributed by atoms with E-state index < -0.39 is 6.04 Å². The van der Waals surface area contributed by atoms with Crippen molar-refractivity contribution in [3.8, 4) is 5.75 Å². The van der Waals surface area contributed by atoms with Gasteiger partial charge in [-0.05, 0) is 54.2 Å². The molecule has 0 aromatic heterocycles. The van der Waals surface area contributed by atoms with E-state index in [-0.39, 0.29) is 30.4 Å². The summed E-state index contributed by atoms with van der Waals surface area (Å²) in [6.45, 7) is 8.33. The smallest absolute Gasteiger partial charge is 0.261 e. The molecule has 0 aliphatic carbocycles. The number of ether oxygens (including phenoxy) is 1. The molecule has 3 aromatic rings. The van der Waals surface area contributed by atoms with Crippen LogP contribution in [0.4, 0.5) is 0 Å². The van der Waals surface area contributed by atoms with Gasteiger partial charge in [-0.1, -0.05) is 97.4 Å². The summed E-state index contributed by atoms with van der Waals surface area (Å²) in [4.78, 5) is 29.0. The van der Waals surface area contributed by atoms with Crippen molar-refractivity contribution in [3.63, 3.8) is 0 Å². The number of nitrogens with zero attached hydrogens (tertiary/aromatic N) is 1. The third kappa shape index (κ3) is 8.46. The van der Waals surface area contributed by atoms with E-state index in [1.54, 1.807) is 4.90 Å². The van der Waals surface area contributed by atoms with Gasteiger partial charge in [0.25, 0.3) is 5.91 Å². The second-order valence-corrected chi connectivity index (χ2v) is 10.6. The highest BCUT2D eigenvalue weighted by Gasteiger charge is 2.31. The number of hydrogen-bond acceptors (Lipinski definition) is 3. The quantitative estimate of drug-likeness (QED) is 0.273. The molecule has 6 heteroatoms. The summed E-state index contributed by atoms with van der Waals surface area (Å²) in [6, 6.07) is 24.7. The minimum absolute atomic E-state index is 0.00256. The zero-order chi connectivity index (χ0) is 26.8. The van der Waals surface area contributed by atoms with Crippen molar-refractivity contribution in [1.82, 2.24) is 10.2 Å². The Hall–Kier alpha value is -3.12. The van der Waals surface area contributed by atoms with Crippen LogP contribution in [0.2, 0.25) is 0 Å². The first-order valence-electron chi connectivity index (χ1n) is 12.9. The number of hydrogen-bond donors (Lipinski definition) is 1. The third-order valence-electron chi connectivity index (χ3n) is 6.41. The summed E-state index contributed by atoms with van der Waals surface area (Å²) in [5.41, 5.74) is 2.97. The Morgan fingerprint density at radius 2 is 1.59 bits per heavy atom. The number of amides is 2. The van der Waals surface area contributed by atoms with Crippen LogP contribution in [-0.2, 0) is 22.6 Å². The van der Waals surface area contributed by atoms with Gasteiger partial charge in [-0.25, -0.2) is 0 Å². The second-order valence-electron chi connectivity index (χ2n) is 9.66. The highest BCUT2D eigenvalue weighted by atomic mass is 79.9. The summed E-state index contributed by atoms with van der Waals surface area (Å²) in [7, 11) is 0. The predicted octanol–water partition coefficient (Wildman–Crippen LogP) is 6.51. The molecule has 5 nitrogen and oxygen atoms in total. The molecule has 3 aromatic carbocycles. The van der Waals surface area contributed by atoms with E-state index >= 15 is 0 Å². The van der Waals surface area contributed by atoms with E-state index in [2.05, 4.69) is 35.1 Å². The second kappa shape index (κ2) is 14.0. The number of para-hydroxylation sites is 1. The molecule has 0 bridgehead atoms. The summed E-state index contributed by atoms with van der Waals surface area (Å²) in [5.74, 6) is 0.552. The van der Waals surface area contributed by atoms with E-state index in [1.807, 2.05) is 92.7 Å². The fourth-order valence-corrected chi connectivity index (χ4v) is 4.59. The topological polar surface area (TPSA) is 58.6 Å². The highest BCUT2D eigenvalue weighted by Crippen LogP contribution is 2.26. The zero-order valence-electron chi connectivity index (χ0n) is 22.1. The molecule has 0 heterocycles. The van der Waals surface area contributed by atoms with Crippen molar-refractivity contribution >= 4 is 27.7 Å². The monoisotopic (exact) mass is 564 g/mol. The van der Waals surface area contributed by atoms with Crippen molar-refractivity contribution < 1.29 is 14.3 Å². The van der Waals surface area contributed by atoms with E-state index in [9.17, 15) is 9.59 Å². The normalized spacial score (nSPS) is 12.6. The average molecular weight is 566 g/mol. The number of nitrogens with one attached hydrogen (secondary N) is 1. The largest absolute Gasteiger partial charge is 0.483 e. The van der Waals surface area contributed by atoms with Gasteiger partial charge in [0.15, 0.2) is 6.61 Å². The molecule has 0 aliphatic rings. The molecule has 0 saturated heterocycles. The summed E-state index contributed by atoms with van der Waals surface area (Å²) >= 11 is 3.53. The van der Waals surface area contributed by atoms with Gasteiger partial charge in [0.2, 0.25) is 5.91 Å². The molecular formula is C31H37BrN2O3. The van der Waals surface area contributed by atoms with Crippen LogP contribution in [0.5, 0.6) is 5.75 Å². The fraction of sp³-hybridized carbons (Fsp3) is 0.355. The lowest BCUT2D eigenvalue weighted by molar-refractivity contribution is -0.143. The number of rotatable bonds is 12. The van der Waals surface area contributed by atoms with Crippen LogP contribution in [0, 0.1) is 0 Å². The lowest BCUT2D eigenvalue weighted by Crippen LogP contribution is -2.53. The summed E-state index contributed by atoms with van der Waals surface area (Å²) in [5, 5.41) is 3.10. The van der Waals surface area contributed by atoms with Crippen LogP contribution < -0.4 is 10.1 Å². The Kier molecular flexibility index (Phi) is 10.8. The number of carbonyl (C=O) groups excluding carboxylic acids is 2. The van der Waals surface area contributed by atoms with Crippen molar-refractivity contribution in [3.05, 3.63) is 100 Å². The van der Waals surface area contributed by atoms with Crippen molar-refractivity contribution in [2.24, 2.45) is 0 Å². The van der Waals surface area contributed by atoms with Gasteiger partial charge in [-0.15, -0.1) is 0 Å². The zero-order valence-corrected chi connectivity index (χ0v) is 23.7. The lowest BCUT2D eigenvalue weighted by atomic mass is 10.0. The Balaban J connectivity index is 1.94. The molecule has 0 spiro atoms. The molecule has 0 saturated carbocycles. The standard InChI is InChI=1S/C31H37BrN2O3/c1-5-23(4)33-31(36)28(19-24-12-7-6-8-13-24)34(20-25-14-11-15-26(32)18-25)30(35)21-37-29-17-10-9-16-27(29)22(2)3/h6-18,22-23,28H,5,19-21H2,1-4H3,(H,33,36)/t23-,28-/m0/s1. The van der Waals surface area contributed by atoms with Gasteiger partial charge in [-0.2, -0.15) is 0 Å². The van der Waals surface area contributed by atoms with Crippen LogP contribution in [0.3, 0.4) is 0 Å². The number of benzene rings is 3. The van der Waals surface area contributed by atoms with Crippen molar-refractivity contribution in [1.29, 1.82) is 0 Å². The molecule has 2 amide bonds. The van der Waals surface area contributed by atoms with Gasteiger partial charge >= 0.3 is 0 Å². The molecule has 0 radical (unpaired) electrons. The molecule has 196 valence electrons. The highest BCUT2D eigenvalue weighted by molar-refractivity contribution is 9.10. The molecule has 0 aliphatic heterocycles. The SMILES string of the molecule is CC[C@H](C)NC(=O)[C@H](Cc1ccccc1)N(Cc1cccc(Br)c1)C(=O)COc1ccccc1C(C)C. The van der Waals surface area contributed by atoms with Gasteiger partial charge < -0.3 is 15.0 Å². The van der Waals surface area contributed by atoms with Gasteiger partial charge in [0, 0.05) is 23.5 Å².